The van der Waals surface area contributed by atoms with Crippen LogP contribution in [0.2, 0.25) is 10.4 Å². The van der Waals surface area contributed by atoms with Crippen molar-refractivity contribution in [2.45, 2.75) is 160 Å². The van der Waals surface area contributed by atoms with Crippen LogP contribution in [0.4, 0.5) is 0 Å². The summed E-state index contributed by atoms with van der Waals surface area (Å²) >= 11 is -1.31. The van der Waals surface area contributed by atoms with Gasteiger partial charge in [-0.25, -0.2) is 0 Å². The molecule has 0 N–H and O–H groups in total. The second-order valence-electron chi connectivity index (χ2n) is 10.6. The zero-order valence-corrected chi connectivity index (χ0v) is 28.7. The Labute approximate surface area is 255 Å². The molecule has 1 aliphatic heterocycles. The van der Waals surface area contributed by atoms with E-state index in [1.165, 1.54) is 115 Å². The van der Waals surface area contributed by atoms with Crippen LogP contribution in [0.5, 0.6) is 0 Å². The number of ether oxygens (including phenoxy) is 5. The van der Waals surface area contributed by atoms with Gasteiger partial charge in [0.15, 0.2) is 0 Å². The Morgan fingerprint density at radius 2 is 1.00 bits per heavy atom. The van der Waals surface area contributed by atoms with E-state index < -0.39 is 68.1 Å². The van der Waals surface area contributed by atoms with Gasteiger partial charge in [0.25, 0.3) is 0 Å². The summed E-state index contributed by atoms with van der Waals surface area (Å²) in [7, 11) is 1.89. The van der Waals surface area contributed by atoms with E-state index >= 15 is 0 Å². The van der Waals surface area contributed by atoms with E-state index in [1.54, 1.807) is 0 Å². The van der Waals surface area contributed by atoms with E-state index in [0.717, 1.165) is 0 Å². The third kappa shape index (κ3) is 16.8. The SMILES string of the molecule is CCCCCCCC[As](CCCCCCCC)SCC1OC(OC(C)=O)C(OC(C)=O)C(OC(C)=O)C1OC(C)=O. The van der Waals surface area contributed by atoms with Crippen molar-refractivity contribution in [2.75, 3.05) is 5.75 Å². The molecular formula is C30H53AsO9S. The predicted octanol–water partition coefficient (Wildman–Crippen LogP) is 6.52. The molecule has 1 fully saturated rings. The Balaban J connectivity index is 3.05. The van der Waals surface area contributed by atoms with Crippen LogP contribution in [0, 0.1) is 0 Å². The van der Waals surface area contributed by atoms with Crippen LogP contribution in [0.3, 0.4) is 0 Å². The molecule has 1 rings (SSSR count). The molecule has 0 aromatic carbocycles. The minimum absolute atomic E-state index is 0.492. The molecule has 0 radical (unpaired) electrons. The van der Waals surface area contributed by atoms with Gasteiger partial charge in [0, 0.05) is 0 Å². The summed E-state index contributed by atoms with van der Waals surface area (Å²) in [6, 6.07) is 0. The maximum absolute atomic E-state index is 12.1. The quantitative estimate of drug-likeness (QED) is 0.0582. The van der Waals surface area contributed by atoms with Gasteiger partial charge in [0.2, 0.25) is 0 Å². The third-order valence-corrected chi connectivity index (χ3v) is 16.1. The molecule has 1 aliphatic rings. The van der Waals surface area contributed by atoms with Gasteiger partial charge in [0.1, 0.15) is 0 Å². The average molecular weight is 665 g/mol. The zero-order valence-electron chi connectivity index (χ0n) is 26.0. The molecule has 0 aromatic heterocycles. The molecule has 1 saturated heterocycles. The van der Waals surface area contributed by atoms with Crippen molar-refractivity contribution < 1.29 is 42.9 Å². The van der Waals surface area contributed by atoms with Crippen LogP contribution in [-0.4, -0.2) is 73.8 Å². The number of hydrogen-bond donors (Lipinski definition) is 0. The summed E-state index contributed by atoms with van der Waals surface area (Å²) in [4.78, 5) is 48.0. The Morgan fingerprint density at radius 1 is 0.585 bits per heavy atom. The first kappa shape index (κ1) is 37.8. The second-order valence-corrected chi connectivity index (χ2v) is 19.4. The topological polar surface area (TPSA) is 114 Å². The molecule has 238 valence electrons. The molecule has 5 atom stereocenters. The molecule has 0 spiro atoms. The molecule has 0 saturated carbocycles. The van der Waals surface area contributed by atoms with Crippen LogP contribution in [-0.2, 0) is 42.9 Å². The van der Waals surface area contributed by atoms with Gasteiger partial charge < -0.3 is 0 Å². The molecule has 5 unspecified atom stereocenters. The molecule has 0 bridgehead atoms. The third-order valence-electron chi connectivity index (χ3n) is 6.72. The fourth-order valence-electron chi connectivity index (χ4n) is 4.80. The predicted molar refractivity (Wildman–Crippen MR) is 162 cm³/mol. The van der Waals surface area contributed by atoms with Crippen molar-refractivity contribution in [1.29, 1.82) is 0 Å². The summed E-state index contributed by atoms with van der Waals surface area (Å²) in [6.07, 6.45) is 9.58. The molecule has 41 heavy (non-hydrogen) atoms. The Bertz CT molecular complexity index is 765. The van der Waals surface area contributed by atoms with Crippen molar-refractivity contribution in [1.82, 2.24) is 0 Å². The summed E-state index contributed by atoms with van der Waals surface area (Å²) in [5.74, 6) is -2.03. The molecule has 1 heterocycles. The molecular weight excluding hydrogens is 611 g/mol. The van der Waals surface area contributed by atoms with Crippen LogP contribution >= 0.6 is 10.0 Å². The number of carbonyl (C=O) groups is 4. The van der Waals surface area contributed by atoms with Gasteiger partial charge in [0.05, 0.1) is 0 Å². The van der Waals surface area contributed by atoms with Crippen molar-refractivity contribution >= 4 is 47.4 Å². The van der Waals surface area contributed by atoms with Gasteiger partial charge >= 0.3 is 256 Å². The van der Waals surface area contributed by atoms with E-state index in [-0.39, 0.29) is 0 Å². The molecule has 11 heteroatoms. The normalized spacial score (nSPS) is 22.3. The van der Waals surface area contributed by atoms with Crippen LogP contribution in [0.25, 0.3) is 0 Å². The summed E-state index contributed by atoms with van der Waals surface area (Å²) in [5.41, 5.74) is 0. The maximum atomic E-state index is 12.1. The first-order chi connectivity index (χ1) is 19.6. The van der Waals surface area contributed by atoms with E-state index in [4.69, 9.17) is 23.7 Å². The summed E-state index contributed by atoms with van der Waals surface area (Å²) in [5, 5.41) is 2.45. The first-order valence-corrected chi connectivity index (χ1v) is 21.2. The Kier molecular flexibility index (Phi) is 20.6. The van der Waals surface area contributed by atoms with Gasteiger partial charge in [-0.1, -0.05) is 0 Å². The molecule has 0 aliphatic carbocycles. The van der Waals surface area contributed by atoms with E-state index in [0.29, 0.717) is 5.75 Å². The Morgan fingerprint density at radius 3 is 1.46 bits per heavy atom. The van der Waals surface area contributed by atoms with E-state index in [2.05, 4.69) is 13.8 Å². The number of rotatable bonds is 21. The summed E-state index contributed by atoms with van der Waals surface area (Å²) in [6.45, 7) is 9.36. The van der Waals surface area contributed by atoms with Crippen LogP contribution < -0.4 is 0 Å². The molecule has 0 amide bonds. The van der Waals surface area contributed by atoms with Gasteiger partial charge in [-0.2, -0.15) is 0 Å². The number of unbranched alkanes of at least 4 members (excludes halogenated alkanes) is 10. The fraction of sp³-hybridized carbons (Fsp3) is 0.867. The average Bonchev–Trinajstić information content (AvgIpc) is 2.88. The monoisotopic (exact) mass is 664 g/mol. The van der Waals surface area contributed by atoms with Crippen molar-refractivity contribution in [3.8, 4) is 0 Å². The standard InChI is InChI=1S/C30H53AsO9S/c1-7-9-11-13-15-17-19-31(20-18-16-14-12-10-8-2)41-21-26-27(36-22(3)32)28(37-23(4)33)29(38-24(5)34)30(40-26)39-25(6)35/h26-30H,7-21H2,1-6H3. The van der Waals surface area contributed by atoms with Gasteiger partial charge in [-0.3, -0.25) is 0 Å². The summed E-state index contributed by atoms with van der Waals surface area (Å²) < 4.78 is 28.0. The second kappa shape index (κ2) is 22.3. The van der Waals surface area contributed by atoms with Crippen molar-refractivity contribution in [3.63, 3.8) is 0 Å². The first-order valence-electron chi connectivity index (χ1n) is 15.3. The van der Waals surface area contributed by atoms with Gasteiger partial charge in [-0.15, -0.1) is 0 Å². The van der Waals surface area contributed by atoms with Crippen LogP contribution in [0.15, 0.2) is 0 Å². The number of hydrogen-bond acceptors (Lipinski definition) is 10. The van der Waals surface area contributed by atoms with E-state index in [1.807, 2.05) is 10.0 Å². The number of carbonyl (C=O) groups excluding carboxylic acids is 4. The van der Waals surface area contributed by atoms with Gasteiger partial charge in [-0.05, 0) is 0 Å². The minimum atomic E-state index is -1.31. The zero-order chi connectivity index (χ0) is 30.6. The fourth-order valence-corrected chi connectivity index (χ4v) is 13.8. The van der Waals surface area contributed by atoms with Crippen molar-refractivity contribution in [2.24, 2.45) is 0 Å². The number of esters is 4. The molecule has 0 aromatic rings. The van der Waals surface area contributed by atoms with Crippen molar-refractivity contribution in [3.05, 3.63) is 0 Å². The van der Waals surface area contributed by atoms with E-state index in [9.17, 15) is 19.2 Å². The molecule has 9 nitrogen and oxygen atoms in total. The Hall–Kier alpha value is -1.25. The van der Waals surface area contributed by atoms with Crippen LogP contribution in [0.1, 0.15) is 119 Å².